The molecule has 2 fully saturated rings. The third-order valence-corrected chi connectivity index (χ3v) is 6.12. The quantitative estimate of drug-likeness (QED) is 0.746. The number of carbonyl (C=O) groups excluding carboxylic acids is 3. The van der Waals surface area contributed by atoms with Gasteiger partial charge >= 0.3 is 6.03 Å². The maximum Gasteiger partial charge on any atom is 0.329 e. The molecule has 0 bridgehead atoms. The molecular formula is C23H25N3O4. The summed E-state index contributed by atoms with van der Waals surface area (Å²) in [7, 11) is 1.54. The van der Waals surface area contributed by atoms with Gasteiger partial charge < -0.3 is 10.1 Å². The number of ether oxygens (including phenoxy) is 1. The Balaban J connectivity index is 1.41. The lowest BCUT2D eigenvalue weighted by Crippen LogP contribution is -2.53. The minimum atomic E-state index is -0.846. The number of imide groups is 1. The Kier molecular flexibility index (Phi) is 5.44. The molecule has 2 aromatic rings. The highest BCUT2D eigenvalue weighted by molar-refractivity contribution is 6.17. The third-order valence-electron chi connectivity index (χ3n) is 6.12. The highest BCUT2D eigenvalue weighted by Crippen LogP contribution is 2.41. The van der Waals surface area contributed by atoms with E-state index in [9.17, 15) is 14.4 Å². The van der Waals surface area contributed by atoms with Gasteiger partial charge in [-0.15, -0.1) is 0 Å². The van der Waals surface area contributed by atoms with E-state index in [2.05, 4.69) is 10.6 Å². The molecule has 0 radical (unpaired) electrons. The number of nitrogens with one attached hydrogen (secondary N) is 2. The molecule has 2 N–H and O–H groups in total. The van der Waals surface area contributed by atoms with Gasteiger partial charge in [-0.3, -0.25) is 19.8 Å². The average molecular weight is 407 g/mol. The smallest absolute Gasteiger partial charge is 0.329 e. The second kappa shape index (κ2) is 8.18. The van der Waals surface area contributed by atoms with E-state index in [1.165, 1.54) is 0 Å². The summed E-state index contributed by atoms with van der Waals surface area (Å²) in [6.07, 6.45) is 2.62. The molecule has 7 heteroatoms. The zero-order valence-electron chi connectivity index (χ0n) is 16.9. The fraction of sp³-hybridized carbons (Fsp3) is 0.348. The number of amides is 4. The highest BCUT2D eigenvalue weighted by atomic mass is 16.5. The van der Waals surface area contributed by atoms with Crippen molar-refractivity contribution in [2.75, 3.05) is 18.6 Å². The van der Waals surface area contributed by atoms with Gasteiger partial charge in [0, 0.05) is 12.2 Å². The number of para-hydroxylation sites is 2. The molecule has 2 aromatic carbocycles. The first-order chi connectivity index (χ1) is 14.5. The zero-order chi connectivity index (χ0) is 21.1. The van der Waals surface area contributed by atoms with Gasteiger partial charge in [0.25, 0.3) is 11.8 Å². The van der Waals surface area contributed by atoms with E-state index in [0.29, 0.717) is 30.7 Å². The Bertz CT molecular complexity index is 952. The number of methoxy groups -OCH3 is 1. The zero-order valence-corrected chi connectivity index (χ0v) is 16.9. The van der Waals surface area contributed by atoms with Crippen molar-refractivity contribution in [3.05, 3.63) is 60.2 Å². The summed E-state index contributed by atoms with van der Waals surface area (Å²) in [5, 5.41) is 5.47. The monoisotopic (exact) mass is 407 g/mol. The summed E-state index contributed by atoms with van der Waals surface area (Å²) < 4.78 is 5.25. The second-order valence-electron chi connectivity index (χ2n) is 7.82. The maximum atomic E-state index is 12.7. The molecule has 4 rings (SSSR count). The summed E-state index contributed by atoms with van der Waals surface area (Å²) >= 11 is 0. The van der Waals surface area contributed by atoms with Gasteiger partial charge in [-0.2, -0.15) is 0 Å². The number of nitrogens with zero attached hydrogens (tertiary/aromatic N) is 1. The first-order valence-corrected chi connectivity index (χ1v) is 10.2. The van der Waals surface area contributed by atoms with Gasteiger partial charge in [0.1, 0.15) is 11.3 Å². The first-order valence-electron chi connectivity index (χ1n) is 10.2. The summed E-state index contributed by atoms with van der Waals surface area (Å²) in [6, 6.07) is 16.0. The van der Waals surface area contributed by atoms with Crippen molar-refractivity contribution in [3.8, 4) is 5.75 Å². The Morgan fingerprint density at radius 2 is 1.77 bits per heavy atom. The van der Waals surface area contributed by atoms with E-state index < -0.39 is 5.54 Å². The first kappa shape index (κ1) is 19.9. The molecule has 30 heavy (non-hydrogen) atoms. The van der Waals surface area contributed by atoms with Crippen LogP contribution in [-0.4, -0.2) is 37.0 Å². The fourth-order valence-electron chi connectivity index (χ4n) is 4.48. The predicted molar refractivity (Wildman–Crippen MR) is 112 cm³/mol. The molecule has 1 heterocycles. The molecule has 1 aliphatic carbocycles. The SMILES string of the molecule is COc1ccccc1C(=O)NC[C@H]1CC[C@]2(CC1)C(=O)NC(=O)N2c1ccccc1. The van der Waals surface area contributed by atoms with Crippen LogP contribution in [0.4, 0.5) is 10.5 Å². The van der Waals surface area contributed by atoms with E-state index in [-0.39, 0.29) is 23.8 Å². The molecular weight excluding hydrogens is 382 g/mol. The van der Waals surface area contributed by atoms with Gasteiger partial charge in [-0.25, -0.2) is 4.79 Å². The van der Waals surface area contributed by atoms with E-state index in [4.69, 9.17) is 4.74 Å². The standard InChI is InChI=1S/C23H25N3O4/c1-30-19-10-6-5-9-18(19)20(27)24-15-16-11-13-23(14-12-16)21(28)25-22(29)26(23)17-7-3-2-4-8-17/h2-10,16H,11-15H2,1H3,(H,24,27)(H,25,28,29)/t16-,23-. The number of hydrogen-bond donors (Lipinski definition) is 2. The Morgan fingerprint density at radius 1 is 1.10 bits per heavy atom. The Labute approximate surface area is 175 Å². The normalized spacial score (nSPS) is 23.4. The predicted octanol–water partition coefficient (Wildman–Crippen LogP) is 3.11. The molecule has 0 atom stereocenters. The summed E-state index contributed by atoms with van der Waals surface area (Å²) in [4.78, 5) is 39.4. The van der Waals surface area contributed by atoms with E-state index in [1.54, 1.807) is 30.2 Å². The van der Waals surface area contributed by atoms with E-state index in [0.717, 1.165) is 18.5 Å². The van der Waals surface area contributed by atoms with Crippen molar-refractivity contribution in [2.24, 2.45) is 5.92 Å². The topological polar surface area (TPSA) is 87.7 Å². The van der Waals surface area contributed by atoms with Crippen molar-refractivity contribution in [1.82, 2.24) is 10.6 Å². The van der Waals surface area contributed by atoms with Crippen LogP contribution in [0.5, 0.6) is 5.75 Å². The van der Waals surface area contributed by atoms with Gasteiger partial charge in [-0.1, -0.05) is 30.3 Å². The molecule has 156 valence electrons. The fourth-order valence-corrected chi connectivity index (χ4v) is 4.48. The summed E-state index contributed by atoms with van der Waals surface area (Å²) in [5.74, 6) is 0.382. The number of rotatable bonds is 5. The number of anilines is 1. The van der Waals surface area contributed by atoms with Crippen LogP contribution in [0.3, 0.4) is 0 Å². The molecule has 4 amide bonds. The van der Waals surface area contributed by atoms with Crippen molar-refractivity contribution in [1.29, 1.82) is 0 Å². The van der Waals surface area contributed by atoms with Crippen LogP contribution in [0.25, 0.3) is 0 Å². The van der Waals surface area contributed by atoms with Crippen molar-refractivity contribution < 1.29 is 19.1 Å². The lowest BCUT2D eigenvalue weighted by atomic mass is 9.75. The molecule has 1 aliphatic heterocycles. The summed E-state index contributed by atoms with van der Waals surface area (Å²) in [6.45, 7) is 0.522. The van der Waals surface area contributed by atoms with Crippen LogP contribution in [-0.2, 0) is 4.79 Å². The Morgan fingerprint density at radius 3 is 2.47 bits per heavy atom. The second-order valence-corrected chi connectivity index (χ2v) is 7.82. The number of benzene rings is 2. The molecule has 1 spiro atoms. The van der Waals surface area contributed by atoms with Gasteiger partial charge in [-0.05, 0) is 55.9 Å². The van der Waals surface area contributed by atoms with Crippen LogP contribution >= 0.6 is 0 Å². The van der Waals surface area contributed by atoms with Crippen LogP contribution in [0, 0.1) is 5.92 Å². The van der Waals surface area contributed by atoms with Crippen molar-refractivity contribution >= 4 is 23.5 Å². The van der Waals surface area contributed by atoms with Crippen LogP contribution in [0.2, 0.25) is 0 Å². The van der Waals surface area contributed by atoms with Crippen LogP contribution < -0.4 is 20.3 Å². The Hall–Kier alpha value is -3.35. The molecule has 0 aromatic heterocycles. The number of hydrogen-bond acceptors (Lipinski definition) is 4. The molecule has 0 unspecified atom stereocenters. The minimum Gasteiger partial charge on any atom is -0.496 e. The number of urea groups is 1. The largest absolute Gasteiger partial charge is 0.496 e. The van der Waals surface area contributed by atoms with Gasteiger partial charge in [0.05, 0.1) is 12.7 Å². The molecule has 1 saturated carbocycles. The van der Waals surface area contributed by atoms with Gasteiger partial charge in [0.2, 0.25) is 0 Å². The molecule has 7 nitrogen and oxygen atoms in total. The van der Waals surface area contributed by atoms with Crippen LogP contribution in [0.15, 0.2) is 54.6 Å². The van der Waals surface area contributed by atoms with Crippen molar-refractivity contribution in [2.45, 2.75) is 31.2 Å². The molecule has 1 saturated heterocycles. The van der Waals surface area contributed by atoms with Crippen LogP contribution in [0.1, 0.15) is 36.0 Å². The lowest BCUT2D eigenvalue weighted by Gasteiger charge is -2.40. The average Bonchev–Trinajstić information content (AvgIpc) is 3.02. The lowest BCUT2D eigenvalue weighted by molar-refractivity contribution is -0.124. The minimum absolute atomic E-state index is 0.174. The summed E-state index contributed by atoms with van der Waals surface area (Å²) in [5.41, 5.74) is 0.383. The molecule has 2 aliphatic rings. The third kappa shape index (κ3) is 3.51. The highest BCUT2D eigenvalue weighted by Gasteiger charge is 2.54. The van der Waals surface area contributed by atoms with E-state index >= 15 is 0 Å². The van der Waals surface area contributed by atoms with Gasteiger partial charge in [0.15, 0.2) is 0 Å². The van der Waals surface area contributed by atoms with Crippen molar-refractivity contribution in [3.63, 3.8) is 0 Å². The number of carbonyl (C=O) groups is 3. The maximum absolute atomic E-state index is 12.7. The van der Waals surface area contributed by atoms with E-state index in [1.807, 2.05) is 36.4 Å².